The second-order valence-electron chi connectivity index (χ2n) is 4.55. The largest absolute Gasteiger partial charge is 0.395 e. The molecule has 0 bridgehead atoms. The molecule has 114 valence electrons. The molecular weight excluding hydrogens is 274 g/mol. The molecule has 1 saturated heterocycles. The van der Waals surface area contributed by atoms with E-state index in [1.54, 1.807) is 12.1 Å². The molecule has 0 atom stereocenters. The second-order valence-corrected chi connectivity index (χ2v) is 4.55. The number of hydrogen-bond donors (Lipinski definition) is 3. The number of benzene rings is 1. The van der Waals surface area contributed by atoms with Gasteiger partial charge in [-0.3, -0.25) is 9.59 Å². The van der Waals surface area contributed by atoms with E-state index >= 15 is 0 Å². The van der Waals surface area contributed by atoms with E-state index in [1.165, 1.54) is 0 Å². The number of amides is 2. The number of carbonyl (C=O) groups excluding carboxylic acids is 2. The Morgan fingerprint density at radius 3 is 2.62 bits per heavy atom. The SMILES string of the molecule is O=C(NCCO)C(=O)Nc1ccccc1N1CCOCC1. The number of aliphatic hydroxyl groups is 1. The summed E-state index contributed by atoms with van der Waals surface area (Å²) in [5.41, 5.74) is 1.45. The van der Waals surface area contributed by atoms with Crippen LogP contribution < -0.4 is 15.5 Å². The Kier molecular flexibility index (Phi) is 5.53. The fourth-order valence-electron chi connectivity index (χ4n) is 2.09. The van der Waals surface area contributed by atoms with Crippen molar-refractivity contribution >= 4 is 23.2 Å². The normalized spacial score (nSPS) is 14.6. The van der Waals surface area contributed by atoms with E-state index in [2.05, 4.69) is 15.5 Å². The summed E-state index contributed by atoms with van der Waals surface area (Å²) in [4.78, 5) is 25.4. The van der Waals surface area contributed by atoms with E-state index in [9.17, 15) is 9.59 Å². The molecule has 7 heteroatoms. The van der Waals surface area contributed by atoms with Crippen LogP contribution in [0.15, 0.2) is 24.3 Å². The monoisotopic (exact) mass is 293 g/mol. The molecule has 1 heterocycles. The quantitative estimate of drug-likeness (QED) is 0.655. The predicted molar refractivity (Wildman–Crippen MR) is 78.2 cm³/mol. The highest BCUT2D eigenvalue weighted by atomic mass is 16.5. The Morgan fingerprint density at radius 1 is 1.19 bits per heavy atom. The van der Waals surface area contributed by atoms with Crippen molar-refractivity contribution in [3.05, 3.63) is 24.3 Å². The molecule has 1 aliphatic rings. The van der Waals surface area contributed by atoms with Crippen molar-refractivity contribution in [2.24, 2.45) is 0 Å². The number of nitrogens with zero attached hydrogens (tertiary/aromatic N) is 1. The molecule has 0 aliphatic carbocycles. The highest BCUT2D eigenvalue weighted by molar-refractivity contribution is 6.39. The lowest BCUT2D eigenvalue weighted by molar-refractivity contribution is -0.136. The highest BCUT2D eigenvalue weighted by Gasteiger charge is 2.18. The summed E-state index contributed by atoms with van der Waals surface area (Å²) in [6.45, 7) is 2.60. The molecule has 1 aromatic rings. The summed E-state index contributed by atoms with van der Waals surface area (Å²) in [5.74, 6) is -1.51. The zero-order valence-corrected chi connectivity index (χ0v) is 11.7. The van der Waals surface area contributed by atoms with Crippen LogP contribution >= 0.6 is 0 Å². The van der Waals surface area contributed by atoms with Crippen LogP contribution in [0.1, 0.15) is 0 Å². The molecule has 1 fully saturated rings. The zero-order valence-electron chi connectivity index (χ0n) is 11.7. The first kappa shape index (κ1) is 15.3. The summed E-state index contributed by atoms with van der Waals surface area (Å²) in [6.07, 6.45) is 0. The lowest BCUT2D eigenvalue weighted by Gasteiger charge is -2.30. The molecule has 1 aromatic carbocycles. The van der Waals surface area contributed by atoms with E-state index in [4.69, 9.17) is 9.84 Å². The van der Waals surface area contributed by atoms with Crippen molar-refractivity contribution < 1.29 is 19.4 Å². The third-order valence-electron chi connectivity index (χ3n) is 3.11. The van der Waals surface area contributed by atoms with Gasteiger partial charge in [-0.25, -0.2) is 0 Å². The van der Waals surface area contributed by atoms with Crippen LogP contribution in [-0.4, -0.2) is 56.4 Å². The van der Waals surface area contributed by atoms with Gasteiger partial charge in [-0.1, -0.05) is 12.1 Å². The van der Waals surface area contributed by atoms with Crippen molar-refractivity contribution in [2.75, 3.05) is 49.7 Å². The maximum atomic E-state index is 11.8. The maximum absolute atomic E-state index is 11.8. The average Bonchev–Trinajstić information content (AvgIpc) is 2.54. The average molecular weight is 293 g/mol. The number of ether oxygens (including phenoxy) is 1. The number of para-hydroxylation sites is 2. The van der Waals surface area contributed by atoms with Crippen molar-refractivity contribution in [3.8, 4) is 0 Å². The Bertz CT molecular complexity index is 501. The minimum Gasteiger partial charge on any atom is -0.395 e. The summed E-state index contributed by atoms with van der Waals surface area (Å²) < 4.78 is 5.31. The lowest BCUT2D eigenvalue weighted by atomic mass is 10.2. The van der Waals surface area contributed by atoms with Gasteiger partial charge in [0.1, 0.15) is 0 Å². The molecule has 2 rings (SSSR count). The minimum atomic E-state index is -0.763. The van der Waals surface area contributed by atoms with Gasteiger partial charge in [-0.15, -0.1) is 0 Å². The van der Waals surface area contributed by atoms with Crippen molar-refractivity contribution in [1.82, 2.24) is 5.32 Å². The fourth-order valence-corrected chi connectivity index (χ4v) is 2.09. The molecule has 7 nitrogen and oxygen atoms in total. The second kappa shape index (κ2) is 7.61. The van der Waals surface area contributed by atoms with Gasteiger partial charge in [-0.05, 0) is 12.1 Å². The third-order valence-corrected chi connectivity index (χ3v) is 3.11. The number of carbonyl (C=O) groups is 2. The Morgan fingerprint density at radius 2 is 1.90 bits per heavy atom. The van der Waals surface area contributed by atoms with Gasteiger partial charge < -0.3 is 25.4 Å². The Balaban J connectivity index is 2.05. The first-order chi connectivity index (χ1) is 10.2. The first-order valence-corrected chi connectivity index (χ1v) is 6.84. The van der Waals surface area contributed by atoms with Gasteiger partial charge in [0.15, 0.2) is 0 Å². The molecule has 0 saturated carbocycles. The third kappa shape index (κ3) is 4.17. The van der Waals surface area contributed by atoms with Crippen molar-refractivity contribution in [3.63, 3.8) is 0 Å². The van der Waals surface area contributed by atoms with Crippen LogP contribution in [0.2, 0.25) is 0 Å². The Labute approximate surface area is 122 Å². The van der Waals surface area contributed by atoms with Crippen LogP contribution in [0.4, 0.5) is 11.4 Å². The molecule has 0 spiro atoms. The topological polar surface area (TPSA) is 90.9 Å². The van der Waals surface area contributed by atoms with E-state index in [0.717, 1.165) is 18.8 Å². The zero-order chi connectivity index (χ0) is 15.1. The van der Waals surface area contributed by atoms with Crippen LogP contribution in [0, 0.1) is 0 Å². The van der Waals surface area contributed by atoms with Crippen LogP contribution in [0.5, 0.6) is 0 Å². The Hall–Kier alpha value is -2.12. The van der Waals surface area contributed by atoms with E-state index in [0.29, 0.717) is 18.9 Å². The molecular formula is C14H19N3O4. The number of rotatable bonds is 4. The summed E-state index contributed by atoms with van der Waals surface area (Å²) in [6, 6.07) is 7.33. The summed E-state index contributed by atoms with van der Waals surface area (Å²) >= 11 is 0. The van der Waals surface area contributed by atoms with Gasteiger partial charge in [0.2, 0.25) is 0 Å². The molecule has 0 radical (unpaired) electrons. The number of hydrogen-bond acceptors (Lipinski definition) is 5. The highest BCUT2D eigenvalue weighted by Crippen LogP contribution is 2.26. The van der Waals surface area contributed by atoms with Crippen LogP contribution in [0.3, 0.4) is 0 Å². The maximum Gasteiger partial charge on any atom is 0.313 e. The lowest BCUT2D eigenvalue weighted by Crippen LogP contribution is -2.39. The molecule has 21 heavy (non-hydrogen) atoms. The first-order valence-electron chi connectivity index (χ1n) is 6.84. The van der Waals surface area contributed by atoms with Crippen molar-refractivity contribution in [1.29, 1.82) is 0 Å². The standard InChI is InChI=1S/C14H19N3O4/c18-8-5-15-13(19)14(20)16-11-3-1-2-4-12(11)17-6-9-21-10-7-17/h1-4,18H,5-10H2,(H,15,19)(H,16,20). The molecule has 1 aliphatic heterocycles. The summed E-state index contributed by atoms with van der Waals surface area (Å²) in [7, 11) is 0. The number of aliphatic hydroxyl groups excluding tert-OH is 1. The number of anilines is 2. The smallest absolute Gasteiger partial charge is 0.313 e. The molecule has 0 aromatic heterocycles. The molecule has 3 N–H and O–H groups in total. The van der Waals surface area contributed by atoms with Gasteiger partial charge in [-0.2, -0.15) is 0 Å². The number of nitrogens with one attached hydrogen (secondary N) is 2. The van der Waals surface area contributed by atoms with Crippen LogP contribution in [-0.2, 0) is 14.3 Å². The van der Waals surface area contributed by atoms with E-state index < -0.39 is 11.8 Å². The van der Waals surface area contributed by atoms with Gasteiger partial charge >= 0.3 is 11.8 Å². The predicted octanol–water partition coefficient (Wildman–Crippen LogP) is -0.430. The molecule has 2 amide bonds. The molecule has 0 unspecified atom stereocenters. The van der Waals surface area contributed by atoms with Gasteiger partial charge in [0, 0.05) is 19.6 Å². The van der Waals surface area contributed by atoms with E-state index in [1.807, 2.05) is 12.1 Å². The van der Waals surface area contributed by atoms with E-state index in [-0.39, 0.29) is 13.2 Å². The fraction of sp³-hybridized carbons (Fsp3) is 0.429. The van der Waals surface area contributed by atoms with Gasteiger partial charge in [0.25, 0.3) is 0 Å². The summed E-state index contributed by atoms with van der Waals surface area (Å²) in [5, 5.41) is 13.6. The number of morpholine rings is 1. The minimum absolute atomic E-state index is 0.0529. The van der Waals surface area contributed by atoms with Crippen molar-refractivity contribution in [2.45, 2.75) is 0 Å². The van der Waals surface area contributed by atoms with Gasteiger partial charge in [0.05, 0.1) is 31.2 Å². The van der Waals surface area contributed by atoms with Crippen LogP contribution in [0.25, 0.3) is 0 Å².